The van der Waals surface area contributed by atoms with Crippen molar-refractivity contribution < 1.29 is 14.1 Å². The third kappa shape index (κ3) is 2.95. The van der Waals surface area contributed by atoms with Crippen molar-refractivity contribution in [1.29, 1.82) is 0 Å². The molecule has 0 saturated carbocycles. The van der Waals surface area contributed by atoms with Crippen LogP contribution >= 0.6 is 0 Å². The zero-order chi connectivity index (χ0) is 20.8. The third-order valence-electron chi connectivity index (χ3n) is 5.37. The molecule has 9 heteroatoms. The third-order valence-corrected chi connectivity index (χ3v) is 5.37. The van der Waals surface area contributed by atoms with Gasteiger partial charge in [0.15, 0.2) is 11.6 Å². The minimum atomic E-state index is -0.620. The van der Waals surface area contributed by atoms with Crippen molar-refractivity contribution in [3.05, 3.63) is 81.3 Å². The second-order valence-corrected chi connectivity index (χ2v) is 7.26. The monoisotopic (exact) mass is 405 g/mol. The number of hydrogen-bond acceptors (Lipinski definition) is 6. The maximum Gasteiger partial charge on any atom is 0.269 e. The molecule has 1 atom stereocenters. The van der Waals surface area contributed by atoms with Crippen molar-refractivity contribution in [3.8, 4) is 11.4 Å². The minimum Gasteiger partial charge on any atom is -0.328 e. The standard InChI is InChI=1S/C21H16FN5O3/c22-14-9-7-12(8-10-14)20-24-21-23-16-5-2-6-17(28)18(16)19(26(21)25-20)13-3-1-4-15(11-13)27(29)30/h1,3-4,7-11,19H,2,5-6H2,(H,23,24,25). The number of aromatic nitrogens is 3. The predicted octanol–water partition coefficient (Wildman–Crippen LogP) is 4.01. The SMILES string of the molecule is O=C1CCCC2=C1C(c1cccc([N+](=O)[O-])c1)n1nc(-c3ccc(F)cc3)nc1N2. The number of carbonyl (C=O) groups excluding carboxylic acids is 1. The molecule has 2 aliphatic rings. The maximum absolute atomic E-state index is 13.3. The van der Waals surface area contributed by atoms with E-state index in [1.54, 1.807) is 28.9 Å². The molecule has 2 aromatic carbocycles. The number of non-ortho nitro benzene ring substituents is 1. The molecule has 1 aromatic heterocycles. The minimum absolute atomic E-state index is 0.00950. The molecular formula is C21H16FN5O3. The number of nitrogens with one attached hydrogen (secondary N) is 1. The molecular weight excluding hydrogens is 389 g/mol. The fraction of sp³-hybridized carbons (Fsp3) is 0.190. The first-order valence-electron chi connectivity index (χ1n) is 9.51. The first kappa shape index (κ1) is 18.2. The Morgan fingerprint density at radius 2 is 1.97 bits per heavy atom. The molecule has 30 heavy (non-hydrogen) atoms. The molecule has 1 aliphatic carbocycles. The van der Waals surface area contributed by atoms with E-state index in [1.165, 1.54) is 24.3 Å². The van der Waals surface area contributed by atoms with Crippen molar-refractivity contribution in [2.45, 2.75) is 25.3 Å². The second-order valence-electron chi connectivity index (χ2n) is 7.26. The molecule has 0 saturated heterocycles. The van der Waals surface area contributed by atoms with E-state index in [1.807, 2.05) is 0 Å². The Morgan fingerprint density at radius 3 is 2.73 bits per heavy atom. The highest BCUT2D eigenvalue weighted by atomic mass is 19.1. The van der Waals surface area contributed by atoms with Gasteiger partial charge in [-0.05, 0) is 42.7 Å². The summed E-state index contributed by atoms with van der Waals surface area (Å²) in [6.45, 7) is 0. The Balaban J connectivity index is 1.68. The molecule has 0 amide bonds. The zero-order valence-electron chi connectivity index (χ0n) is 15.7. The van der Waals surface area contributed by atoms with Gasteiger partial charge in [-0.1, -0.05) is 12.1 Å². The summed E-state index contributed by atoms with van der Waals surface area (Å²) in [4.78, 5) is 28.2. The van der Waals surface area contributed by atoms with Gasteiger partial charge in [-0.25, -0.2) is 9.07 Å². The van der Waals surface area contributed by atoms with Crippen LogP contribution in [-0.2, 0) is 4.79 Å². The molecule has 1 unspecified atom stereocenters. The molecule has 1 N–H and O–H groups in total. The number of allylic oxidation sites excluding steroid dienone is 2. The number of nitro groups is 1. The van der Waals surface area contributed by atoms with Crippen LogP contribution in [-0.4, -0.2) is 25.5 Å². The smallest absolute Gasteiger partial charge is 0.269 e. The van der Waals surface area contributed by atoms with Gasteiger partial charge < -0.3 is 5.32 Å². The Morgan fingerprint density at radius 1 is 1.17 bits per heavy atom. The van der Waals surface area contributed by atoms with Crippen LogP contribution in [0.2, 0.25) is 0 Å². The number of hydrogen-bond donors (Lipinski definition) is 1. The highest BCUT2D eigenvalue weighted by Crippen LogP contribution is 2.41. The first-order valence-corrected chi connectivity index (χ1v) is 9.51. The first-order chi connectivity index (χ1) is 14.5. The lowest BCUT2D eigenvalue weighted by Gasteiger charge is -2.32. The van der Waals surface area contributed by atoms with E-state index in [2.05, 4.69) is 15.4 Å². The van der Waals surface area contributed by atoms with Gasteiger partial charge in [-0.2, -0.15) is 4.98 Å². The van der Waals surface area contributed by atoms with Gasteiger partial charge in [0.25, 0.3) is 5.69 Å². The van der Waals surface area contributed by atoms with Crippen LogP contribution in [0.25, 0.3) is 11.4 Å². The lowest BCUT2D eigenvalue weighted by molar-refractivity contribution is -0.384. The van der Waals surface area contributed by atoms with E-state index >= 15 is 0 Å². The highest BCUT2D eigenvalue weighted by molar-refractivity contribution is 5.99. The van der Waals surface area contributed by atoms with E-state index in [9.17, 15) is 19.3 Å². The van der Waals surface area contributed by atoms with E-state index in [-0.39, 0.29) is 17.3 Å². The molecule has 2 heterocycles. The molecule has 3 aromatic rings. The number of rotatable bonds is 3. The number of nitrogens with zero attached hydrogens (tertiary/aromatic N) is 4. The molecule has 0 bridgehead atoms. The van der Waals surface area contributed by atoms with Gasteiger partial charge in [-0.3, -0.25) is 14.9 Å². The lowest BCUT2D eigenvalue weighted by Crippen LogP contribution is -2.31. The molecule has 5 rings (SSSR count). The number of Topliss-reactive ketones (excluding diaryl/α,β-unsaturated/α-hetero) is 1. The maximum atomic E-state index is 13.3. The molecule has 150 valence electrons. The van der Waals surface area contributed by atoms with Crippen LogP contribution in [0.5, 0.6) is 0 Å². The van der Waals surface area contributed by atoms with Gasteiger partial charge in [-0.15, -0.1) is 5.10 Å². The topological polar surface area (TPSA) is 103 Å². The summed E-state index contributed by atoms with van der Waals surface area (Å²) < 4.78 is 14.9. The quantitative estimate of drug-likeness (QED) is 0.522. The van der Waals surface area contributed by atoms with Crippen LogP contribution < -0.4 is 5.32 Å². The average Bonchev–Trinajstić information content (AvgIpc) is 3.16. The molecule has 1 aliphatic heterocycles. The highest BCUT2D eigenvalue weighted by Gasteiger charge is 2.37. The molecule has 0 radical (unpaired) electrons. The fourth-order valence-corrected chi connectivity index (χ4v) is 3.99. The van der Waals surface area contributed by atoms with Crippen LogP contribution in [0.1, 0.15) is 30.9 Å². The zero-order valence-corrected chi connectivity index (χ0v) is 15.7. The summed E-state index contributed by atoms with van der Waals surface area (Å²) in [6.07, 6.45) is 1.83. The molecule has 8 nitrogen and oxygen atoms in total. The lowest BCUT2D eigenvalue weighted by atomic mass is 9.85. The number of anilines is 1. The number of halogens is 1. The van der Waals surface area contributed by atoms with Crippen molar-refractivity contribution in [3.63, 3.8) is 0 Å². The normalized spacial score (nSPS) is 17.9. The summed E-state index contributed by atoms with van der Waals surface area (Å²) in [5, 5.41) is 19.1. The summed E-state index contributed by atoms with van der Waals surface area (Å²) >= 11 is 0. The Hall–Kier alpha value is -3.88. The number of benzene rings is 2. The van der Waals surface area contributed by atoms with E-state index < -0.39 is 11.0 Å². The van der Waals surface area contributed by atoms with Crippen molar-refractivity contribution in [2.75, 3.05) is 5.32 Å². The Bertz CT molecular complexity index is 1220. The number of ketones is 1. The molecule has 0 spiro atoms. The van der Waals surface area contributed by atoms with Gasteiger partial charge in [0, 0.05) is 35.4 Å². The van der Waals surface area contributed by atoms with E-state index in [0.717, 1.165) is 12.1 Å². The summed E-state index contributed by atoms with van der Waals surface area (Å²) in [5.41, 5.74) is 2.49. The van der Waals surface area contributed by atoms with Crippen molar-refractivity contribution in [2.24, 2.45) is 0 Å². The Labute approximate surface area is 170 Å². The van der Waals surface area contributed by atoms with Crippen molar-refractivity contribution >= 4 is 17.4 Å². The number of nitro benzene ring substituents is 1. The van der Waals surface area contributed by atoms with Crippen LogP contribution in [0.4, 0.5) is 16.0 Å². The summed E-state index contributed by atoms with van der Waals surface area (Å²) in [5.74, 6) is 0.447. The van der Waals surface area contributed by atoms with E-state index in [4.69, 9.17) is 0 Å². The van der Waals surface area contributed by atoms with Crippen LogP contribution in [0.15, 0.2) is 59.8 Å². The summed E-state index contributed by atoms with van der Waals surface area (Å²) in [7, 11) is 0. The largest absolute Gasteiger partial charge is 0.328 e. The van der Waals surface area contributed by atoms with Crippen molar-refractivity contribution in [1.82, 2.24) is 14.8 Å². The van der Waals surface area contributed by atoms with Crippen LogP contribution in [0.3, 0.4) is 0 Å². The number of fused-ring (bicyclic) bond motifs is 1. The predicted molar refractivity (Wildman–Crippen MR) is 106 cm³/mol. The van der Waals surface area contributed by atoms with Gasteiger partial charge in [0.1, 0.15) is 11.9 Å². The van der Waals surface area contributed by atoms with Crippen LogP contribution in [0, 0.1) is 15.9 Å². The van der Waals surface area contributed by atoms with Gasteiger partial charge >= 0.3 is 0 Å². The second kappa shape index (κ2) is 6.87. The van der Waals surface area contributed by atoms with Gasteiger partial charge in [0.05, 0.1) is 4.92 Å². The van der Waals surface area contributed by atoms with E-state index in [0.29, 0.717) is 41.3 Å². The summed E-state index contributed by atoms with van der Waals surface area (Å²) in [6, 6.07) is 11.4. The van der Waals surface area contributed by atoms with Gasteiger partial charge in [0.2, 0.25) is 5.95 Å². The average molecular weight is 405 g/mol. The fourth-order valence-electron chi connectivity index (χ4n) is 3.99. The Kier molecular flexibility index (Phi) is 4.16. The molecule has 0 fully saturated rings. The number of carbonyl (C=O) groups is 1.